The lowest BCUT2D eigenvalue weighted by Crippen LogP contribution is -2.11. The summed E-state index contributed by atoms with van der Waals surface area (Å²) in [6.45, 7) is 7.11. The Balaban J connectivity index is 3.30. The van der Waals surface area contributed by atoms with Crippen molar-refractivity contribution in [2.75, 3.05) is 52.9 Å². The lowest BCUT2D eigenvalue weighted by Gasteiger charge is -2.11. The number of unbranched alkanes of at least 4 members (excludes halogenated alkanes) is 10. The molecule has 0 saturated heterocycles. The van der Waals surface area contributed by atoms with Gasteiger partial charge in [0.05, 0.1) is 46.2 Å². The molecule has 0 saturated carbocycles. The van der Waals surface area contributed by atoms with Gasteiger partial charge in [-0.2, -0.15) is 0 Å². The zero-order valence-electron chi connectivity index (χ0n) is 19.2. The molecule has 0 bridgehead atoms. The zero-order chi connectivity index (χ0) is 22.2. The summed E-state index contributed by atoms with van der Waals surface area (Å²) in [7, 11) is -4.20. The standard InChI is InChI=1S/C21H45O8P/c1-3-5-6-7-8-9-10-11-12-13-14-15-27-29-30(22,23)28-21-20-26-19-18-25-17-16-24-4-2/h3-21H2,1-2H3,(H,22,23). The Morgan fingerprint density at radius 1 is 0.600 bits per heavy atom. The van der Waals surface area contributed by atoms with Crippen molar-refractivity contribution >= 4 is 7.82 Å². The number of phosphoric ester groups is 1. The van der Waals surface area contributed by atoms with Gasteiger partial charge in [0.25, 0.3) is 0 Å². The molecule has 8 nitrogen and oxygen atoms in total. The molecule has 0 amide bonds. The number of ether oxygens (including phenoxy) is 3. The molecule has 0 spiro atoms. The van der Waals surface area contributed by atoms with Gasteiger partial charge in [-0.15, -0.1) is 4.67 Å². The van der Waals surface area contributed by atoms with Gasteiger partial charge in [-0.1, -0.05) is 71.1 Å². The normalized spacial score (nSPS) is 13.6. The lowest BCUT2D eigenvalue weighted by molar-refractivity contribution is -0.225. The first-order valence-corrected chi connectivity index (χ1v) is 13.1. The highest BCUT2D eigenvalue weighted by atomic mass is 31.2. The molecule has 182 valence electrons. The quantitative estimate of drug-likeness (QED) is 0.0841. The fraction of sp³-hybridized carbons (Fsp3) is 1.00. The fourth-order valence-corrected chi connectivity index (χ4v) is 3.30. The second-order valence-electron chi connectivity index (χ2n) is 7.16. The Morgan fingerprint density at radius 2 is 1.07 bits per heavy atom. The van der Waals surface area contributed by atoms with E-state index >= 15 is 0 Å². The number of rotatable bonds is 25. The van der Waals surface area contributed by atoms with Gasteiger partial charge in [0, 0.05) is 6.61 Å². The predicted molar refractivity (Wildman–Crippen MR) is 117 cm³/mol. The molecule has 9 heteroatoms. The van der Waals surface area contributed by atoms with Crippen LogP contribution in [-0.2, 0) is 32.9 Å². The van der Waals surface area contributed by atoms with Crippen molar-refractivity contribution < 1.29 is 37.8 Å². The first-order chi connectivity index (χ1) is 14.6. The molecule has 1 N–H and O–H groups in total. The topological polar surface area (TPSA) is 92.7 Å². The summed E-state index contributed by atoms with van der Waals surface area (Å²) in [6.07, 6.45) is 13.5. The minimum atomic E-state index is -4.20. The molecule has 0 aromatic heterocycles. The largest absolute Gasteiger partial charge is 0.499 e. The average Bonchev–Trinajstić information content (AvgIpc) is 2.72. The van der Waals surface area contributed by atoms with E-state index in [-0.39, 0.29) is 19.8 Å². The summed E-state index contributed by atoms with van der Waals surface area (Å²) in [6, 6.07) is 0. The molecule has 0 aromatic carbocycles. The lowest BCUT2D eigenvalue weighted by atomic mass is 10.1. The molecule has 0 fully saturated rings. The van der Waals surface area contributed by atoms with Crippen molar-refractivity contribution in [2.45, 2.75) is 84.5 Å². The third-order valence-electron chi connectivity index (χ3n) is 4.41. The monoisotopic (exact) mass is 456 g/mol. The van der Waals surface area contributed by atoms with Crippen LogP contribution in [0.15, 0.2) is 0 Å². The summed E-state index contributed by atoms with van der Waals surface area (Å²) < 4.78 is 36.6. The molecule has 0 radical (unpaired) electrons. The van der Waals surface area contributed by atoms with Crippen LogP contribution in [0.1, 0.15) is 84.5 Å². The van der Waals surface area contributed by atoms with E-state index in [1.807, 2.05) is 6.92 Å². The first kappa shape index (κ1) is 29.9. The first-order valence-electron chi connectivity index (χ1n) is 11.6. The third kappa shape index (κ3) is 24.2. The van der Waals surface area contributed by atoms with Crippen molar-refractivity contribution in [3.05, 3.63) is 0 Å². The minimum absolute atomic E-state index is 0.0610. The Hall–Kier alpha value is -0.0500. The highest BCUT2D eigenvalue weighted by molar-refractivity contribution is 7.47. The van der Waals surface area contributed by atoms with E-state index in [0.717, 1.165) is 19.3 Å². The van der Waals surface area contributed by atoms with Crippen molar-refractivity contribution in [3.63, 3.8) is 0 Å². The molecular formula is C21H45O8P. The minimum Gasteiger partial charge on any atom is -0.379 e. The molecule has 0 aliphatic rings. The van der Waals surface area contributed by atoms with E-state index in [0.29, 0.717) is 33.0 Å². The Morgan fingerprint density at radius 3 is 1.60 bits per heavy atom. The number of hydrogen-bond donors (Lipinski definition) is 1. The van der Waals surface area contributed by atoms with Crippen LogP contribution in [-0.4, -0.2) is 57.7 Å². The van der Waals surface area contributed by atoms with Gasteiger partial charge in [-0.3, -0.25) is 4.52 Å². The van der Waals surface area contributed by atoms with E-state index in [2.05, 4.69) is 11.6 Å². The molecular weight excluding hydrogens is 411 g/mol. The second kappa shape index (κ2) is 23.6. The van der Waals surface area contributed by atoms with E-state index in [9.17, 15) is 9.46 Å². The van der Waals surface area contributed by atoms with Crippen LogP contribution in [0.3, 0.4) is 0 Å². The predicted octanol–water partition coefficient (Wildman–Crippen LogP) is 5.43. The van der Waals surface area contributed by atoms with Crippen molar-refractivity contribution in [3.8, 4) is 0 Å². The van der Waals surface area contributed by atoms with Gasteiger partial charge in [0.15, 0.2) is 0 Å². The van der Waals surface area contributed by atoms with Gasteiger partial charge < -0.3 is 19.1 Å². The SMILES string of the molecule is CCCCCCCCCCCCCOOP(=O)(O)OCCOCCOCCOCC. The van der Waals surface area contributed by atoms with E-state index in [4.69, 9.17) is 23.6 Å². The summed E-state index contributed by atoms with van der Waals surface area (Å²) in [5.74, 6) is 0. The van der Waals surface area contributed by atoms with Crippen LogP contribution in [0.5, 0.6) is 0 Å². The summed E-state index contributed by atoms with van der Waals surface area (Å²) in [5, 5.41) is 0. The number of hydrogen-bond acceptors (Lipinski definition) is 7. The van der Waals surface area contributed by atoms with Crippen LogP contribution >= 0.6 is 7.82 Å². The Kier molecular flexibility index (Phi) is 23.6. The fourth-order valence-electron chi connectivity index (χ4n) is 2.75. The Bertz CT molecular complexity index is 384. The molecule has 0 aromatic rings. The van der Waals surface area contributed by atoms with E-state index < -0.39 is 7.82 Å². The van der Waals surface area contributed by atoms with Crippen molar-refractivity contribution in [1.29, 1.82) is 0 Å². The van der Waals surface area contributed by atoms with Crippen molar-refractivity contribution in [1.82, 2.24) is 0 Å². The van der Waals surface area contributed by atoms with Crippen LogP contribution in [0.4, 0.5) is 0 Å². The van der Waals surface area contributed by atoms with Crippen LogP contribution in [0, 0.1) is 0 Å². The van der Waals surface area contributed by atoms with Crippen LogP contribution < -0.4 is 0 Å². The maximum absolute atomic E-state index is 11.6. The summed E-state index contributed by atoms with van der Waals surface area (Å²) >= 11 is 0. The molecule has 1 atom stereocenters. The maximum Gasteiger partial charge on any atom is 0.499 e. The highest BCUT2D eigenvalue weighted by Crippen LogP contribution is 2.43. The number of phosphoric acid groups is 1. The molecule has 0 aliphatic carbocycles. The van der Waals surface area contributed by atoms with Gasteiger partial charge >= 0.3 is 7.82 Å². The molecule has 0 rings (SSSR count). The van der Waals surface area contributed by atoms with Gasteiger partial charge in [-0.25, -0.2) is 9.45 Å². The Labute approximate surface area is 183 Å². The van der Waals surface area contributed by atoms with E-state index in [1.54, 1.807) is 0 Å². The smallest absolute Gasteiger partial charge is 0.379 e. The molecule has 30 heavy (non-hydrogen) atoms. The van der Waals surface area contributed by atoms with Crippen LogP contribution in [0.25, 0.3) is 0 Å². The average molecular weight is 457 g/mol. The highest BCUT2D eigenvalue weighted by Gasteiger charge is 2.22. The van der Waals surface area contributed by atoms with Gasteiger partial charge in [0.1, 0.15) is 0 Å². The third-order valence-corrected chi connectivity index (χ3v) is 5.21. The maximum atomic E-state index is 11.6. The van der Waals surface area contributed by atoms with E-state index in [1.165, 1.54) is 51.4 Å². The van der Waals surface area contributed by atoms with Gasteiger partial charge in [-0.05, 0) is 13.3 Å². The zero-order valence-corrected chi connectivity index (χ0v) is 20.1. The summed E-state index contributed by atoms with van der Waals surface area (Å²) in [5.41, 5.74) is 0. The summed E-state index contributed by atoms with van der Waals surface area (Å²) in [4.78, 5) is 14.3. The van der Waals surface area contributed by atoms with Gasteiger partial charge in [0.2, 0.25) is 0 Å². The second-order valence-corrected chi connectivity index (χ2v) is 8.50. The molecule has 1 unspecified atom stereocenters. The van der Waals surface area contributed by atoms with Crippen molar-refractivity contribution in [2.24, 2.45) is 0 Å². The van der Waals surface area contributed by atoms with Crippen LogP contribution in [0.2, 0.25) is 0 Å². The molecule has 0 aliphatic heterocycles. The molecule has 0 heterocycles.